The van der Waals surface area contributed by atoms with E-state index < -0.39 is 0 Å². The molecule has 1 atom stereocenters. The predicted octanol–water partition coefficient (Wildman–Crippen LogP) is 3.07. The summed E-state index contributed by atoms with van der Waals surface area (Å²) in [5, 5.41) is 5.51. The predicted molar refractivity (Wildman–Crippen MR) is 99.8 cm³/mol. The van der Waals surface area contributed by atoms with Gasteiger partial charge < -0.3 is 15.0 Å². The third-order valence-corrected chi connectivity index (χ3v) is 5.47. The minimum Gasteiger partial charge on any atom is -0.381 e. The van der Waals surface area contributed by atoms with Crippen molar-refractivity contribution in [2.24, 2.45) is 5.92 Å². The fourth-order valence-electron chi connectivity index (χ4n) is 3.95. The Balaban J connectivity index is 1.30. The molecule has 2 aromatic carbocycles. The first-order chi connectivity index (χ1) is 12.3. The van der Waals surface area contributed by atoms with Gasteiger partial charge in [-0.3, -0.25) is 4.79 Å². The van der Waals surface area contributed by atoms with E-state index in [1.807, 2.05) is 30.3 Å². The molecular formula is C21H26N2O2. The van der Waals surface area contributed by atoms with Gasteiger partial charge in [0.15, 0.2) is 0 Å². The number of fused-ring (bicyclic) bond motifs is 1. The maximum absolute atomic E-state index is 12.6. The van der Waals surface area contributed by atoms with Crippen molar-refractivity contribution in [1.82, 2.24) is 10.2 Å². The van der Waals surface area contributed by atoms with Crippen molar-refractivity contribution in [2.75, 3.05) is 32.8 Å². The summed E-state index contributed by atoms with van der Waals surface area (Å²) in [6, 6.07) is 14.4. The summed E-state index contributed by atoms with van der Waals surface area (Å²) in [6.07, 6.45) is 3.26. The van der Waals surface area contributed by atoms with Crippen LogP contribution < -0.4 is 5.32 Å². The Hall–Kier alpha value is -1.91. The molecule has 1 N–H and O–H groups in total. The Labute approximate surface area is 149 Å². The van der Waals surface area contributed by atoms with Crippen LogP contribution in [0.25, 0.3) is 10.8 Å². The first kappa shape index (κ1) is 16.6. The molecule has 2 heterocycles. The van der Waals surface area contributed by atoms with E-state index in [1.165, 1.54) is 11.8 Å². The van der Waals surface area contributed by atoms with E-state index in [-0.39, 0.29) is 11.9 Å². The Kier molecular flexibility index (Phi) is 4.99. The standard InChI is InChI=1S/C21H26N2O2/c24-21(19-6-5-17-3-1-2-4-18(17)13-19)22-20-7-10-23(11-8-20)14-16-9-12-25-15-16/h1-6,13,16,20H,7-12,14-15H2,(H,22,24)/t16-/m1/s1. The van der Waals surface area contributed by atoms with Gasteiger partial charge in [0.1, 0.15) is 0 Å². The summed E-state index contributed by atoms with van der Waals surface area (Å²) in [7, 11) is 0. The third-order valence-electron chi connectivity index (χ3n) is 5.47. The normalized spacial score (nSPS) is 22.3. The van der Waals surface area contributed by atoms with Crippen molar-refractivity contribution in [3.63, 3.8) is 0 Å². The minimum atomic E-state index is 0.0494. The van der Waals surface area contributed by atoms with Crippen LogP contribution in [0.5, 0.6) is 0 Å². The summed E-state index contributed by atoms with van der Waals surface area (Å²) in [5.41, 5.74) is 0.754. The molecular weight excluding hydrogens is 312 g/mol. The van der Waals surface area contributed by atoms with Crippen molar-refractivity contribution in [3.05, 3.63) is 48.0 Å². The quantitative estimate of drug-likeness (QED) is 0.931. The average Bonchev–Trinajstić information content (AvgIpc) is 3.16. The fraction of sp³-hybridized carbons (Fsp3) is 0.476. The van der Waals surface area contributed by atoms with Gasteiger partial charge in [-0.05, 0) is 48.1 Å². The Morgan fingerprint density at radius 1 is 1.08 bits per heavy atom. The maximum Gasteiger partial charge on any atom is 0.251 e. The van der Waals surface area contributed by atoms with E-state index in [2.05, 4.69) is 22.3 Å². The summed E-state index contributed by atoms with van der Waals surface area (Å²) < 4.78 is 5.47. The molecule has 0 radical (unpaired) electrons. The van der Waals surface area contributed by atoms with Crippen LogP contribution in [-0.2, 0) is 4.74 Å². The van der Waals surface area contributed by atoms with Gasteiger partial charge in [0.05, 0.1) is 6.61 Å². The number of benzene rings is 2. The van der Waals surface area contributed by atoms with Crippen molar-refractivity contribution >= 4 is 16.7 Å². The van der Waals surface area contributed by atoms with Gasteiger partial charge in [-0.1, -0.05) is 30.3 Å². The van der Waals surface area contributed by atoms with E-state index in [4.69, 9.17) is 4.74 Å². The van der Waals surface area contributed by atoms with Crippen LogP contribution in [0.3, 0.4) is 0 Å². The number of likely N-dealkylation sites (tertiary alicyclic amines) is 1. The molecule has 2 aromatic rings. The Morgan fingerprint density at radius 2 is 1.88 bits per heavy atom. The SMILES string of the molecule is O=C(NC1CCN(C[C@H]2CCOC2)CC1)c1ccc2ccccc2c1. The largest absolute Gasteiger partial charge is 0.381 e. The number of hydrogen-bond acceptors (Lipinski definition) is 3. The molecule has 0 saturated carbocycles. The summed E-state index contributed by atoms with van der Waals surface area (Å²) in [4.78, 5) is 15.1. The molecule has 2 saturated heterocycles. The van der Waals surface area contributed by atoms with Gasteiger partial charge in [-0.25, -0.2) is 0 Å². The molecule has 2 aliphatic rings. The van der Waals surface area contributed by atoms with Crippen LogP contribution in [0.4, 0.5) is 0 Å². The van der Waals surface area contributed by atoms with Crippen molar-refractivity contribution < 1.29 is 9.53 Å². The number of rotatable bonds is 4. The number of hydrogen-bond donors (Lipinski definition) is 1. The van der Waals surface area contributed by atoms with Gasteiger partial charge in [-0.15, -0.1) is 0 Å². The highest BCUT2D eigenvalue weighted by Gasteiger charge is 2.24. The topological polar surface area (TPSA) is 41.6 Å². The van der Waals surface area contributed by atoms with Crippen LogP contribution in [-0.4, -0.2) is 49.7 Å². The second-order valence-electron chi connectivity index (χ2n) is 7.34. The molecule has 132 valence electrons. The van der Waals surface area contributed by atoms with Crippen molar-refractivity contribution in [1.29, 1.82) is 0 Å². The van der Waals surface area contributed by atoms with Gasteiger partial charge >= 0.3 is 0 Å². The molecule has 0 aromatic heterocycles. The molecule has 0 unspecified atom stereocenters. The minimum absolute atomic E-state index is 0.0494. The van der Waals surface area contributed by atoms with E-state index in [1.54, 1.807) is 0 Å². The second kappa shape index (κ2) is 7.54. The number of piperidine rings is 1. The second-order valence-corrected chi connectivity index (χ2v) is 7.34. The van der Waals surface area contributed by atoms with Crippen LogP contribution in [0.15, 0.2) is 42.5 Å². The molecule has 25 heavy (non-hydrogen) atoms. The average molecular weight is 338 g/mol. The molecule has 4 nitrogen and oxygen atoms in total. The first-order valence-corrected chi connectivity index (χ1v) is 9.38. The molecule has 0 aliphatic carbocycles. The number of ether oxygens (including phenoxy) is 1. The first-order valence-electron chi connectivity index (χ1n) is 9.38. The molecule has 1 amide bonds. The fourth-order valence-corrected chi connectivity index (χ4v) is 3.95. The zero-order valence-electron chi connectivity index (χ0n) is 14.6. The zero-order valence-corrected chi connectivity index (χ0v) is 14.6. The van der Waals surface area contributed by atoms with E-state index in [0.717, 1.165) is 56.6 Å². The highest BCUT2D eigenvalue weighted by atomic mass is 16.5. The molecule has 4 rings (SSSR count). The van der Waals surface area contributed by atoms with E-state index >= 15 is 0 Å². The van der Waals surface area contributed by atoms with E-state index in [9.17, 15) is 4.79 Å². The van der Waals surface area contributed by atoms with Crippen molar-refractivity contribution in [3.8, 4) is 0 Å². The Bertz CT molecular complexity index is 732. The highest BCUT2D eigenvalue weighted by Crippen LogP contribution is 2.19. The summed E-state index contributed by atoms with van der Waals surface area (Å²) >= 11 is 0. The van der Waals surface area contributed by atoms with Gasteiger partial charge in [0, 0.05) is 37.8 Å². The van der Waals surface area contributed by atoms with E-state index in [0.29, 0.717) is 5.92 Å². The summed E-state index contributed by atoms with van der Waals surface area (Å²) in [5.74, 6) is 0.747. The van der Waals surface area contributed by atoms with Crippen LogP contribution in [0, 0.1) is 5.92 Å². The van der Waals surface area contributed by atoms with Gasteiger partial charge in [-0.2, -0.15) is 0 Å². The number of carbonyl (C=O) groups is 1. The number of nitrogens with one attached hydrogen (secondary N) is 1. The Morgan fingerprint density at radius 3 is 2.64 bits per heavy atom. The lowest BCUT2D eigenvalue weighted by Crippen LogP contribution is -2.45. The number of nitrogens with zero attached hydrogens (tertiary/aromatic N) is 1. The lowest BCUT2D eigenvalue weighted by molar-refractivity contribution is 0.0903. The molecule has 2 aliphatic heterocycles. The lowest BCUT2D eigenvalue weighted by atomic mass is 10.0. The molecule has 4 heteroatoms. The number of carbonyl (C=O) groups excluding carboxylic acids is 1. The highest BCUT2D eigenvalue weighted by molar-refractivity contribution is 5.98. The molecule has 0 spiro atoms. The smallest absolute Gasteiger partial charge is 0.251 e. The maximum atomic E-state index is 12.6. The zero-order chi connectivity index (χ0) is 17.1. The molecule has 0 bridgehead atoms. The third kappa shape index (κ3) is 4.02. The monoisotopic (exact) mass is 338 g/mol. The lowest BCUT2D eigenvalue weighted by Gasteiger charge is -2.33. The van der Waals surface area contributed by atoms with Crippen LogP contribution in [0.2, 0.25) is 0 Å². The summed E-state index contributed by atoms with van der Waals surface area (Å²) in [6.45, 7) is 5.12. The van der Waals surface area contributed by atoms with Crippen molar-refractivity contribution in [2.45, 2.75) is 25.3 Å². The number of amides is 1. The molecule has 2 fully saturated rings. The van der Waals surface area contributed by atoms with Gasteiger partial charge in [0.2, 0.25) is 0 Å². The van der Waals surface area contributed by atoms with Crippen LogP contribution >= 0.6 is 0 Å². The van der Waals surface area contributed by atoms with Crippen LogP contribution in [0.1, 0.15) is 29.6 Å². The van der Waals surface area contributed by atoms with Gasteiger partial charge in [0.25, 0.3) is 5.91 Å².